The van der Waals surface area contributed by atoms with Gasteiger partial charge in [0.15, 0.2) is 5.69 Å². The Bertz CT molecular complexity index is 590. The second kappa shape index (κ2) is 6.09. The van der Waals surface area contributed by atoms with Gasteiger partial charge < -0.3 is 15.0 Å². The van der Waals surface area contributed by atoms with Crippen molar-refractivity contribution in [3.63, 3.8) is 0 Å². The van der Waals surface area contributed by atoms with Crippen molar-refractivity contribution in [1.29, 1.82) is 0 Å². The number of hydrogen-bond acceptors (Lipinski definition) is 5. The summed E-state index contributed by atoms with van der Waals surface area (Å²) in [5.74, 6) is 0.712. The molecule has 0 aliphatic carbocycles. The maximum atomic E-state index is 11.9. The number of aromatic nitrogens is 2. The van der Waals surface area contributed by atoms with Crippen LogP contribution >= 0.6 is 11.3 Å². The zero-order valence-corrected chi connectivity index (χ0v) is 12.7. The number of carbonyl (C=O) groups excluding carboxylic acids is 1. The van der Waals surface area contributed by atoms with Crippen LogP contribution in [0.2, 0.25) is 0 Å². The number of nitrogens with two attached hydrogens (primary N) is 1. The van der Waals surface area contributed by atoms with Crippen molar-refractivity contribution in [1.82, 2.24) is 9.55 Å². The van der Waals surface area contributed by atoms with Gasteiger partial charge in [-0.1, -0.05) is 13.0 Å². The molecule has 108 valence electrons. The first-order valence-electron chi connectivity index (χ1n) is 6.67. The van der Waals surface area contributed by atoms with Gasteiger partial charge in [0.2, 0.25) is 0 Å². The lowest BCUT2D eigenvalue weighted by molar-refractivity contribution is 0.0521. The minimum atomic E-state index is -0.461. The summed E-state index contributed by atoms with van der Waals surface area (Å²) >= 11 is 1.66. The van der Waals surface area contributed by atoms with E-state index in [1.807, 2.05) is 22.9 Å². The Labute approximate surface area is 122 Å². The average Bonchev–Trinajstić information content (AvgIpc) is 3.05. The van der Waals surface area contributed by atoms with Gasteiger partial charge >= 0.3 is 5.97 Å². The van der Waals surface area contributed by atoms with E-state index in [9.17, 15) is 4.79 Å². The fourth-order valence-corrected chi connectivity index (χ4v) is 2.95. The quantitative estimate of drug-likeness (QED) is 0.861. The van der Waals surface area contributed by atoms with Gasteiger partial charge in [-0.25, -0.2) is 9.78 Å². The van der Waals surface area contributed by atoms with Gasteiger partial charge in [-0.15, -0.1) is 11.3 Å². The maximum absolute atomic E-state index is 11.9. The smallest absolute Gasteiger partial charge is 0.360 e. The number of imidazole rings is 1. The average molecular weight is 293 g/mol. The third-order valence-corrected chi connectivity index (χ3v) is 4.19. The molecular weight excluding hydrogens is 274 g/mol. The van der Waals surface area contributed by atoms with Crippen molar-refractivity contribution < 1.29 is 9.53 Å². The lowest BCUT2D eigenvalue weighted by atomic mass is 10.2. The Morgan fingerprint density at radius 3 is 2.85 bits per heavy atom. The number of thiophene rings is 1. The van der Waals surface area contributed by atoms with Gasteiger partial charge in [-0.2, -0.15) is 0 Å². The fourth-order valence-electron chi connectivity index (χ4n) is 2.18. The van der Waals surface area contributed by atoms with Crippen molar-refractivity contribution >= 4 is 23.1 Å². The predicted octanol–water partition coefficient (Wildman–Crippen LogP) is 2.88. The first-order chi connectivity index (χ1) is 9.60. The number of nitrogen functional groups attached to an aromatic ring is 1. The van der Waals surface area contributed by atoms with Crippen LogP contribution in [0.4, 0.5) is 5.82 Å². The molecule has 0 fully saturated rings. The van der Waals surface area contributed by atoms with Crippen LogP contribution in [0.15, 0.2) is 17.5 Å². The molecule has 0 saturated carbocycles. The molecule has 5 nitrogen and oxygen atoms in total. The summed E-state index contributed by atoms with van der Waals surface area (Å²) in [6, 6.07) is 4.11. The lowest BCUT2D eigenvalue weighted by Gasteiger charge is -2.16. The third-order valence-electron chi connectivity index (χ3n) is 3.15. The molecule has 20 heavy (non-hydrogen) atoms. The van der Waals surface area contributed by atoms with Gasteiger partial charge in [-0.3, -0.25) is 0 Å². The van der Waals surface area contributed by atoms with E-state index in [-0.39, 0.29) is 11.7 Å². The van der Waals surface area contributed by atoms with Crippen LogP contribution in [-0.4, -0.2) is 22.1 Å². The van der Waals surface area contributed by atoms with E-state index in [0.29, 0.717) is 18.8 Å². The van der Waals surface area contributed by atoms with Crippen molar-refractivity contribution in [2.75, 3.05) is 12.3 Å². The molecule has 1 atom stereocenters. The first-order valence-corrected chi connectivity index (χ1v) is 7.55. The molecule has 2 N–H and O–H groups in total. The van der Waals surface area contributed by atoms with Crippen LogP contribution in [0.5, 0.6) is 0 Å². The van der Waals surface area contributed by atoms with E-state index in [4.69, 9.17) is 10.5 Å². The minimum absolute atomic E-state index is 0.0561. The van der Waals surface area contributed by atoms with E-state index in [1.165, 1.54) is 4.88 Å². The second-order valence-corrected chi connectivity index (χ2v) is 5.38. The Hall–Kier alpha value is -1.82. The Morgan fingerprint density at radius 2 is 2.30 bits per heavy atom. The molecule has 2 aromatic rings. The van der Waals surface area contributed by atoms with Gasteiger partial charge in [0.05, 0.1) is 12.6 Å². The highest BCUT2D eigenvalue weighted by Gasteiger charge is 2.24. The molecule has 0 bridgehead atoms. The van der Waals surface area contributed by atoms with Gasteiger partial charge in [0.1, 0.15) is 11.6 Å². The molecule has 0 amide bonds. The molecule has 0 aliphatic heterocycles. The number of ether oxygens (including phenoxy) is 1. The second-order valence-electron chi connectivity index (χ2n) is 4.40. The highest BCUT2D eigenvalue weighted by Crippen LogP contribution is 2.29. The molecule has 0 aromatic carbocycles. The van der Waals surface area contributed by atoms with Crippen LogP contribution < -0.4 is 5.73 Å². The monoisotopic (exact) mass is 293 g/mol. The standard InChI is InChI=1S/C14H19N3O2S/c1-4-11-16-12(14(18)19-5-2)13(15)17(11)9(3)10-7-6-8-20-10/h6-9H,4-5,15H2,1-3H3. The Morgan fingerprint density at radius 1 is 1.55 bits per heavy atom. The highest BCUT2D eigenvalue weighted by atomic mass is 32.1. The molecule has 0 aliphatic rings. The third kappa shape index (κ3) is 2.56. The van der Waals surface area contributed by atoms with E-state index in [2.05, 4.69) is 18.0 Å². The number of hydrogen-bond donors (Lipinski definition) is 1. The van der Waals surface area contributed by atoms with E-state index >= 15 is 0 Å². The van der Waals surface area contributed by atoms with Gasteiger partial charge in [0.25, 0.3) is 0 Å². The summed E-state index contributed by atoms with van der Waals surface area (Å²) in [6.45, 7) is 6.12. The number of aryl methyl sites for hydroxylation is 1. The predicted molar refractivity (Wildman–Crippen MR) is 80.1 cm³/mol. The zero-order chi connectivity index (χ0) is 14.7. The number of anilines is 1. The molecule has 2 heterocycles. The summed E-state index contributed by atoms with van der Waals surface area (Å²) in [4.78, 5) is 17.4. The highest BCUT2D eigenvalue weighted by molar-refractivity contribution is 7.10. The summed E-state index contributed by atoms with van der Waals surface area (Å²) in [5.41, 5.74) is 6.34. The van der Waals surface area contributed by atoms with Crippen LogP contribution in [0, 0.1) is 0 Å². The summed E-state index contributed by atoms with van der Waals surface area (Å²) in [7, 11) is 0. The van der Waals surface area contributed by atoms with Crippen molar-refractivity contribution in [2.45, 2.75) is 33.2 Å². The van der Waals surface area contributed by atoms with Gasteiger partial charge in [0, 0.05) is 11.3 Å². The number of rotatable bonds is 5. The lowest BCUT2D eigenvalue weighted by Crippen LogP contribution is -2.13. The van der Waals surface area contributed by atoms with Crippen molar-refractivity contribution in [3.05, 3.63) is 33.9 Å². The molecule has 2 aromatic heterocycles. The number of nitrogens with zero attached hydrogens (tertiary/aromatic N) is 2. The van der Waals surface area contributed by atoms with Crippen molar-refractivity contribution in [3.8, 4) is 0 Å². The molecule has 2 rings (SSSR count). The first kappa shape index (κ1) is 14.6. The fraction of sp³-hybridized carbons (Fsp3) is 0.429. The summed E-state index contributed by atoms with van der Waals surface area (Å²) in [6.07, 6.45) is 0.708. The van der Waals surface area contributed by atoms with E-state index in [1.54, 1.807) is 18.3 Å². The van der Waals surface area contributed by atoms with Crippen LogP contribution in [0.3, 0.4) is 0 Å². The van der Waals surface area contributed by atoms with E-state index < -0.39 is 5.97 Å². The maximum Gasteiger partial charge on any atom is 0.360 e. The molecular formula is C14H19N3O2S. The molecule has 0 spiro atoms. The molecule has 6 heteroatoms. The zero-order valence-electron chi connectivity index (χ0n) is 11.9. The minimum Gasteiger partial charge on any atom is -0.461 e. The molecule has 0 saturated heterocycles. The topological polar surface area (TPSA) is 70.1 Å². The van der Waals surface area contributed by atoms with E-state index in [0.717, 1.165) is 5.82 Å². The normalized spacial score (nSPS) is 12.3. The largest absolute Gasteiger partial charge is 0.461 e. The summed E-state index contributed by atoms with van der Waals surface area (Å²) < 4.78 is 6.91. The number of esters is 1. The Kier molecular flexibility index (Phi) is 4.44. The van der Waals surface area contributed by atoms with Crippen LogP contribution in [0.25, 0.3) is 0 Å². The SMILES string of the molecule is CCOC(=O)c1nc(CC)n(C(C)c2cccs2)c1N. The van der Waals surface area contributed by atoms with Crippen LogP contribution in [-0.2, 0) is 11.2 Å². The summed E-state index contributed by atoms with van der Waals surface area (Å²) in [5, 5.41) is 2.02. The number of carbonyl (C=O) groups is 1. The molecule has 1 unspecified atom stereocenters. The Balaban J connectivity index is 2.44. The van der Waals surface area contributed by atoms with Gasteiger partial charge in [-0.05, 0) is 25.3 Å². The van der Waals surface area contributed by atoms with Crippen molar-refractivity contribution in [2.24, 2.45) is 0 Å². The van der Waals surface area contributed by atoms with Crippen LogP contribution in [0.1, 0.15) is 48.0 Å². The molecule has 0 radical (unpaired) electrons.